The standard InChI is InChI=1S/C23H22N2O7S2/c1-3-11-32-34(30,31)14-8-7-13(2)18(12-14)33-17-6-4-5-15-20(17)23(29)25(22(15)28)16-9-10-19(26)24-21(16)27/h4-8,12,16H,3,9-11H2,1-2H3,(H,24,26,27). The highest BCUT2D eigenvalue weighted by atomic mass is 32.2. The van der Waals surface area contributed by atoms with E-state index in [0.717, 1.165) is 22.2 Å². The molecule has 4 amide bonds. The van der Waals surface area contributed by atoms with Gasteiger partial charge in [0, 0.05) is 16.2 Å². The molecule has 1 unspecified atom stereocenters. The van der Waals surface area contributed by atoms with Gasteiger partial charge in [0.25, 0.3) is 21.9 Å². The lowest BCUT2D eigenvalue weighted by atomic mass is 10.0. The molecule has 4 rings (SSSR count). The van der Waals surface area contributed by atoms with E-state index in [9.17, 15) is 27.6 Å². The second-order valence-corrected chi connectivity index (χ2v) is 10.6. The molecule has 0 saturated carbocycles. The number of imide groups is 2. The first-order valence-electron chi connectivity index (χ1n) is 10.7. The first-order valence-corrected chi connectivity index (χ1v) is 12.9. The van der Waals surface area contributed by atoms with Gasteiger partial charge in [-0.1, -0.05) is 30.8 Å². The quantitative estimate of drug-likeness (QED) is 0.452. The number of carbonyl (C=O) groups excluding carboxylic acids is 4. The van der Waals surface area contributed by atoms with E-state index in [1.807, 2.05) is 0 Å². The maximum absolute atomic E-state index is 13.3. The van der Waals surface area contributed by atoms with Crippen molar-refractivity contribution in [1.29, 1.82) is 0 Å². The summed E-state index contributed by atoms with van der Waals surface area (Å²) in [5.74, 6) is -2.34. The molecule has 1 fully saturated rings. The van der Waals surface area contributed by atoms with Crippen LogP contribution in [0, 0.1) is 6.92 Å². The van der Waals surface area contributed by atoms with E-state index in [1.54, 1.807) is 32.0 Å². The number of hydrogen-bond acceptors (Lipinski definition) is 8. The van der Waals surface area contributed by atoms with E-state index in [2.05, 4.69) is 5.32 Å². The summed E-state index contributed by atoms with van der Waals surface area (Å²) in [6.07, 6.45) is 0.643. The van der Waals surface area contributed by atoms with Crippen molar-refractivity contribution in [3.63, 3.8) is 0 Å². The number of benzene rings is 2. The van der Waals surface area contributed by atoms with E-state index >= 15 is 0 Å². The van der Waals surface area contributed by atoms with E-state index in [4.69, 9.17) is 4.18 Å². The number of aryl methyl sites for hydroxylation is 1. The Morgan fingerprint density at radius 1 is 1.09 bits per heavy atom. The largest absolute Gasteiger partial charge is 0.297 e. The predicted molar refractivity (Wildman–Crippen MR) is 122 cm³/mol. The first kappa shape index (κ1) is 24.1. The highest BCUT2D eigenvalue weighted by Gasteiger charge is 2.45. The molecule has 0 radical (unpaired) electrons. The minimum atomic E-state index is -3.93. The second kappa shape index (κ2) is 9.32. The Bertz CT molecular complexity index is 1320. The number of carbonyl (C=O) groups is 4. The van der Waals surface area contributed by atoms with Crippen LogP contribution in [0.3, 0.4) is 0 Å². The van der Waals surface area contributed by atoms with Crippen molar-refractivity contribution in [2.45, 2.75) is 53.8 Å². The van der Waals surface area contributed by atoms with Gasteiger partial charge in [0.15, 0.2) is 0 Å². The average molecular weight is 503 g/mol. The number of fused-ring (bicyclic) bond motifs is 1. The highest BCUT2D eigenvalue weighted by molar-refractivity contribution is 7.99. The number of amides is 4. The third-order valence-corrected chi connectivity index (χ3v) is 8.07. The Kier molecular flexibility index (Phi) is 6.61. The molecule has 0 aliphatic carbocycles. The van der Waals surface area contributed by atoms with Gasteiger partial charge in [0.05, 0.1) is 22.6 Å². The molecular weight excluding hydrogens is 480 g/mol. The summed E-state index contributed by atoms with van der Waals surface area (Å²) in [6.45, 7) is 3.67. The van der Waals surface area contributed by atoms with Gasteiger partial charge in [-0.15, -0.1) is 0 Å². The van der Waals surface area contributed by atoms with E-state index in [-0.39, 0.29) is 35.5 Å². The van der Waals surface area contributed by atoms with Crippen molar-refractivity contribution >= 4 is 45.5 Å². The maximum Gasteiger partial charge on any atom is 0.297 e. The summed E-state index contributed by atoms with van der Waals surface area (Å²) in [5, 5.41) is 2.17. The molecule has 178 valence electrons. The van der Waals surface area contributed by atoms with Crippen LogP contribution in [0.1, 0.15) is 52.5 Å². The van der Waals surface area contributed by atoms with Gasteiger partial charge in [-0.3, -0.25) is 33.6 Å². The Morgan fingerprint density at radius 3 is 2.56 bits per heavy atom. The summed E-state index contributed by atoms with van der Waals surface area (Å²) in [5.41, 5.74) is 1.08. The summed E-state index contributed by atoms with van der Waals surface area (Å²) in [6, 6.07) is 8.32. The molecule has 2 aromatic carbocycles. The minimum Gasteiger partial charge on any atom is -0.295 e. The zero-order chi connectivity index (χ0) is 24.6. The van der Waals surface area contributed by atoms with E-state index in [0.29, 0.717) is 16.2 Å². The van der Waals surface area contributed by atoms with Crippen LogP contribution in [0.25, 0.3) is 0 Å². The minimum absolute atomic E-state index is 0.00537. The van der Waals surface area contributed by atoms with Gasteiger partial charge < -0.3 is 0 Å². The van der Waals surface area contributed by atoms with Gasteiger partial charge >= 0.3 is 0 Å². The van der Waals surface area contributed by atoms with Crippen molar-refractivity contribution in [1.82, 2.24) is 10.2 Å². The van der Waals surface area contributed by atoms with Crippen LogP contribution in [-0.2, 0) is 23.9 Å². The van der Waals surface area contributed by atoms with Crippen LogP contribution >= 0.6 is 11.8 Å². The van der Waals surface area contributed by atoms with Gasteiger partial charge in [0.2, 0.25) is 11.8 Å². The van der Waals surface area contributed by atoms with Crippen LogP contribution in [0.5, 0.6) is 0 Å². The lowest BCUT2D eigenvalue weighted by Gasteiger charge is -2.27. The molecule has 11 heteroatoms. The second-order valence-electron chi connectivity index (χ2n) is 7.93. The lowest BCUT2D eigenvalue weighted by molar-refractivity contribution is -0.136. The van der Waals surface area contributed by atoms with E-state index in [1.165, 1.54) is 18.2 Å². The molecule has 1 atom stereocenters. The Hall–Kier alpha value is -3.02. The van der Waals surface area contributed by atoms with Crippen molar-refractivity contribution in [2.24, 2.45) is 0 Å². The predicted octanol–water partition coefficient (Wildman–Crippen LogP) is 2.66. The molecule has 0 spiro atoms. The van der Waals surface area contributed by atoms with Crippen LogP contribution in [0.4, 0.5) is 0 Å². The normalized spacial score (nSPS) is 18.3. The van der Waals surface area contributed by atoms with Crippen molar-refractivity contribution < 1.29 is 31.8 Å². The van der Waals surface area contributed by atoms with Gasteiger partial charge in [-0.2, -0.15) is 8.42 Å². The fraction of sp³-hybridized carbons (Fsp3) is 0.304. The Morgan fingerprint density at radius 2 is 1.85 bits per heavy atom. The molecule has 2 aliphatic rings. The number of rotatable bonds is 7. The molecule has 2 heterocycles. The smallest absolute Gasteiger partial charge is 0.295 e. The fourth-order valence-corrected chi connectivity index (χ4v) is 5.99. The summed E-state index contributed by atoms with van der Waals surface area (Å²) in [4.78, 5) is 52.0. The van der Waals surface area contributed by atoms with Crippen LogP contribution in [0.2, 0.25) is 0 Å². The monoisotopic (exact) mass is 502 g/mol. The zero-order valence-corrected chi connectivity index (χ0v) is 20.1. The number of nitrogens with one attached hydrogen (secondary N) is 1. The Labute approximate surface area is 201 Å². The lowest BCUT2D eigenvalue weighted by Crippen LogP contribution is -2.54. The van der Waals surface area contributed by atoms with Crippen molar-refractivity contribution in [3.05, 3.63) is 53.1 Å². The highest BCUT2D eigenvalue weighted by Crippen LogP contribution is 2.39. The number of piperidine rings is 1. The summed E-state index contributed by atoms with van der Waals surface area (Å²) >= 11 is 1.15. The third kappa shape index (κ3) is 4.38. The number of hydrogen-bond donors (Lipinski definition) is 1. The Balaban J connectivity index is 1.67. The molecular formula is C23H22N2O7S2. The third-order valence-electron chi connectivity index (χ3n) is 5.54. The summed E-state index contributed by atoms with van der Waals surface area (Å²) < 4.78 is 29.9. The summed E-state index contributed by atoms with van der Waals surface area (Å²) in [7, 11) is -3.93. The molecule has 2 aliphatic heterocycles. The van der Waals surface area contributed by atoms with E-state index < -0.39 is 39.8 Å². The first-order chi connectivity index (χ1) is 16.1. The average Bonchev–Trinajstić information content (AvgIpc) is 3.05. The van der Waals surface area contributed by atoms with Gasteiger partial charge in [0.1, 0.15) is 6.04 Å². The molecule has 1 saturated heterocycles. The molecule has 0 aromatic heterocycles. The number of nitrogens with zero attached hydrogens (tertiary/aromatic N) is 1. The van der Waals surface area contributed by atoms with Gasteiger partial charge in [-0.25, -0.2) is 0 Å². The maximum atomic E-state index is 13.3. The van der Waals surface area contributed by atoms with Gasteiger partial charge in [-0.05, 0) is 49.6 Å². The van der Waals surface area contributed by atoms with Crippen LogP contribution in [-0.4, -0.2) is 49.6 Å². The molecule has 9 nitrogen and oxygen atoms in total. The van der Waals surface area contributed by atoms with Crippen LogP contribution < -0.4 is 5.32 Å². The topological polar surface area (TPSA) is 127 Å². The van der Waals surface area contributed by atoms with Crippen molar-refractivity contribution in [2.75, 3.05) is 6.61 Å². The van der Waals surface area contributed by atoms with Crippen LogP contribution in [0.15, 0.2) is 51.1 Å². The fourth-order valence-electron chi connectivity index (χ4n) is 3.79. The molecule has 2 aromatic rings. The molecule has 1 N–H and O–H groups in total. The molecule has 34 heavy (non-hydrogen) atoms. The zero-order valence-electron chi connectivity index (χ0n) is 18.5. The van der Waals surface area contributed by atoms with Crippen molar-refractivity contribution in [3.8, 4) is 0 Å². The SMILES string of the molecule is CCCOS(=O)(=O)c1ccc(C)c(Sc2cccc3c2C(=O)N(C2CCC(=O)NC2=O)C3=O)c1. The molecule has 0 bridgehead atoms.